The number of amides is 1. The Labute approximate surface area is 93.7 Å². The number of rotatable bonds is 4. The minimum atomic E-state index is -0.710. The van der Waals surface area contributed by atoms with E-state index in [1.165, 1.54) is 6.08 Å². The summed E-state index contributed by atoms with van der Waals surface area (Å²) in [5.74, 6) is -0.285. The van der Waals surface area contributed by atoms with Crippen molar-refractivity contribution in [3.63, 3.8) is 0 Å². The van der Waals surface area contributed by atoms with Crippen molar-refractivity contribution in [2.24, 2.45) is 17.8 Å². The van der Waals surface area contributed by atoms with Gasteiger partial charge in [0, 0.05) is 13.1 Å². The lowest BCUT2D eigenvalue weighted by Crippen LogP contribution is -2.51. The van der Waals surface area contributed by atoms with Crippen molar-refractivity contribution in [3.05, 3.63) is 12.7 Å². The van der Waals surface area contributed by atoms with E-state index in [9.17, 15) is 9.59 Å². The van der Waals surface area contributed by atoms with Crippen molar-refractivity contribution in [1.82, 2.24) is 4.90 Å². The van der Waals surface area contributed by atoms with Gasteiger partial charge in [-0.3, -0.25) is 4.79 Å². The predicted molar refractivity (Wildman–Crippen MR) is 55.8 cm³/mol. The zero-order valence-corrected chi connectivity index (χ0v) is 8.96. The molecule has 88 valence electrons. The summed E-state index contributed by atoms with van der Waals surface area (Å²) in [5.41, 5.74) is 0. The van der Waals surface area contributed by atoms with Crippen molar-refractivity contribution in [3.8, 4) is 0 Å². The van der Waals surface area contributed by atoms with E-state index in [2.05, 4.69) is 6.58 Å². The van der Waals surface area contributed by atoms with Crippen LogP contribution in [0.4, 0.5) is 4.79 Å². The molecular formula is C11H15NO4. The molecular weight excluding hydrogens is 210 g/mol. The molecule has 2 aliphatic rings. The molecule has 0 radical (unpaired) electrons. The molecule has 2 fully saturated rings. The van der Waals surface area contributed by atoms with Crippen LogP contribution in [0.3, 0.4) is 0 Å². The van der Waals surface area contributed by atoms with Crippen molar-refractivity contribution in [2.45, 2.75) is 6.42 Å². The average molecular weight is 225 g/mol. The molecule has 1 heterocycles. The summed E-state index contributed by atoms with van der Waals surface area (Å²) in [5, 5.41) is 8.77. The van der Waals surface area contributed by atoms with Crippen LogP contribution in [-0.2, 0) is 9.53 Å². The molecule has 1 saturated heterocycles. The van der Waals surface area contributed by atoms with Crippen LogP contribution in [0.25, 0.3) is 0 Å². The van der Waals surface area contributed by atoms with Gasteiger partial charge in [-0.05, 0) is 18.3 Å². The van der Waals surface area contributed by atoms with Gasteiger partial charge in [0.2, 0.25) is 0 Å². The second-order valence-corrected chi connectivity index (χ2v) is 4.37. The fraction of sp³-hybridized carbons (Fsp3) is 0.636. The third kappa shape index (κ3) is 2.03. The summed E-state index contributed by atoms with van der Waals surface area (Å²) < 4.78 is 4.87. The van der Waals surface area contributed by atoms with Crippen LogP contribution in [0.15, 0.2) is 12.7 Å². The lowest BCUT2D eigenvalue weighted by molar-refractivity contribution is -0.139. The van der Waals surface area contributed by atoms with Gasteiger partial charge in [0.25, 0.3) is 0 Å². The zero-order valence-electron chi connectivity index (χ0n) is 8.96. The Morgan fingerprint density at radius 2 is 2.19 bits per heavy atom. The number of aliphatic carboxylic acids is 1. The van der Waals surface area contributed by atoms with Crippen LogP contribution < -0.4 is 0 Å². The van der Waals surface area contributed by atoms with Gasteiger partial charge in [0.1, 0.15) is 6.61 Å². The molecule has 1 saturated carbocycles. The molecule has 0 aromatic carbocycles. The number of likely N-dealkylation sites (tertiary alicyclic amines) is 1. The van der Waals surface area contributed by atoms with Crippen LogP contribution in [0.1, 0.15) is 6.42 Å². The predicted octanol–water partition coefficient (Wildman–Crippen LogP) is 0.962. The normalized spacial score (nSPS) is 28.1. The molecule has 0 aromatic heterocycles. The van der Waals surface area contributed by atoms with Crippen LogP contribution in [0.2, 0.25) is 0 Å². The summed E-state index contributed by atoms with van der Waals surface area (Å²) >= 11 is 0. The summed E-state index contributed by atoms with van der Waals surface area (Å²) in [6.07, 6.45) is 1.95. The Morgan fingerprint density at radius 1 is 1.50 bits per heavy atom. The molecule has 1 amide bonds. The van der Waals surface area contributed by atoms with E-state index in [4.69, 9.17) is 9.84 Å². The minimum Gasteiger partial charge on any atom is -0.481 e. The van der Waals surface area contributed by atoms with Gasteiger partial charge in [-0.2, -0.15) is 0 Å². The van der Waals surface area contributed by atoms with Crippen LogP contribution in [0, 0.1) is 17.8 Å². The molecule has 0 bridgehead atoms. The maximum absolute atomic E-state index is 11.3. The van der Waals surface area contributed by atoms with Crippen molar-refractivity contribution < 1.29 is 19.4 Å². The fourth-order valence-electron chi connectivity index (χ4n) is 2.17. The number of carbonyl (C=O) groups excluding carboxylic acids is 1. The summed E-state index contributed by atoms with van der Waals surface area (Å²) in [6, 6.07) is 0. The number of hydrogen-bond acceptors (Lipinski definition) is 3. The summed E-state index contributed by atoms with van der Waals surface area (Å²) in [4.78, 5) is 23.6. The van der Waals surface area contributed by atoms with E-state index in [-0.39, 0.29) is 24.5 Å². The molecule has 1 aliphatic heterocycles. The molecule has 1 aliphatic carbocycles. The average Bonchev–Trinajstić information content (AvgIpc) is 2.92. The Balaban J connectivity index is 1.68. The number of carboxylic acids is 1. The maximum atomic E-state index is 11.3. The van der Waals surface area contributed by atoms with Crippen molar-refractivity contribution >= 4 is 12.1 Å². The monoisotopic (exact) mass is 225 g/mol. The van der Waals surface area contributed by atoms with E-state index < -0.39 is 5.97 Å². The largest absolute Gasteiger partial charge is 0.481 e. The number of nitrogens with zero attached hydrogens (tertiary/aromatic N) is 1. The summed E-state index contributed by atoms with van der Waals surface area (Å²) in [6.45, 7) is 4.94. The van der Waals surface area contributed by atoms with E-state index in [0.29, 0.717) is 19.0 Å². The molecule has 5 heteroatoms. The number of carbonyl (C=O) groups is 2. The second-order valence-electron chi connectivity index (χ2n) is 4.37. The third-order valence-corrected chi connectivity index (χ3v) is 3.26. The quantitative estimate of drug-likeness (QED) is 0.724. The molecule has 2 rings (SSSR count). The highest BCUT2D eigenvalue weighted by atomic mass is 16.6. The highest BCUT2D eigenvalue weighted by Gasteiger charge is 2.52. The van der Waals surface area contributed by atoms with Gasteiger partial charge in [-0.15, -0.1) is 0 Å². The molecule has 0 aromatic rings. The number of hydrogen-bond donors (Lipinski definition) is 1. The van der Waals surface area contributed by atoms with E-state index in [0.717, 1.165) is 6.42 Å². The van der Waals surface area contributed by atoms with E-state index in [1.807, 2.05) is 0 Å². The van der Waals surface area contributed by atoms with Gasteiger partial charge in [-0.1, -0.05) is 12.7 Å². The van der Waals surface area contributed by atoms with Gasteiger partial charge < -0.3 is 14.7 Å². The highest BCUT2D eigenvalue weighted by Crippen LogP contribution is 2.47. The molecule has 1 N–H and O–H groups in total. The SMILES string of the molecule is C=CCOC(=O)N1CC([C@@H]2C[C@H]2C(=O)O)C1. The first-order valence-corrected chi connectivity index (χ1v) is 5.39. The minimum absolute atomic E-state index is 0.184. The lowest BCUT2D eigenvalue weighted by atomic mass is 9.94. The smallest absolute Gasteiger partial charge is 0.410 e. The number of carboxylic acid groups (broad SMARTS) is 1. The van der Waals surface area contributed by atoms with Crippen LogP contribution in [0.5, 0.6) is 0 Å². The topological polar surface area (TPSA) is 66.8 Å². The van der Waals surface area contributed by atoms with Gasteiger partial charge in [0.15, 0.2) is 0 Å². The first kappa shape index (κ1) is 11.0. The van der Waals surface area contributed by atoms with Crippen LogP contribution >= 0.6 is 0 Å². The lowest BCUT2D eigenvalue weighted by Gasteiger charge is -2.38. The Morgan fingerprint density at radius 3 is 2.69 bits per heavy atom. The second kappa shape index (κ2) is 4.15. The van der Waals surface area contributed by atoms with Crippen molar-refractivity contribution in [2.75, 3.05) is 19.7 Å². The van der Waals surface area contributed by atoms with Gasteiger partial charge >= 0.3 is 12.1 Å². The molecule has 0 spiro atoms. The summed E-state index contributed by atoms with van der Waals surface area (Å²) in [7, 11) is 0. The van der Waals surface area contributed by atoms with Gasteiger partial charge in [0.05, 0.1) is 5.92 Å². The molecule has 16 heavy (non-hydrogen) atoms. The molecule has 0 unspecified atom stereocenters. The maximum Gasteiger partial charge on any atom is 0.410 e. The van der Waals surface area contributed by atoms with E-state index >= 15 is 0 Å². The Hall–Kier alpha value is -1.52. The third-order valence-electron chi connectivity index (χ3n) is 3.26. The Kier molecular flexibility index (Phi) is 2.85. The van der Waals surface area contributed by atoms with Crippen LogP contribution in [-0.4, -0.2) is 41.8 Å². The zero-order chi connectivity index (χ0) is 11.7. The molecule has 5 nitrogen and oxygen atoms in total. The highest BCUT2D eigenvalue weighted by molar-refractivity contribution is 5.74. The first-order chi connectivity index (χ1) is 7.63. The molecule has 2 atom stereocenters. The number of ether oxygens (including phenoxy) is 1. The van der Waals surface area contributed by atoms with E-state index in [1.54, 1.807) is 4.90 Å². The fourth-order valence-corrected chi connectivity index (χ4v) is 2.17. The first-order valence-electron chi connectivity index (χ1n) is 5.39. The Bertz CT molecular complexity index is 322. The van der Waals surface area contributed by atoms with Crippen molar-refractivity contribution in [1.29, 1.82) is 0 Å². The standard InChI is InChI=1S/C11H15NO4/c1-2-3-16-11(15)12-5-7(6-12)8-4-9(8)10(13)14/h2,7-9H,1,3-6H2,(H,13,14)/t8-,9+/m0/s1. The van der Waals surface area contributed by atoms with Gasteiger partial charge in [-0.25, -0.2) is 4.79 Å².